The lowest BCUT2D eigenvalue weighted by Crippen LogP contribution is -2.19. The molecular formula is C18H14O4. The largest absolute Gasteiger partial charge is 0.294 e. The second-order valence-electron chi connectivity index (χ2n) is 4.86. The van der Waals surface area contributed by atoms with E-state index in [9.17, 15) is 19.2 Å². The maximum atomic E-state index is 12.4. The van der Waals surface area contributed by atoms with E-state index in [1.807, 2.05) is 0 Å². The SMILES string of the molecule is CC(=O)c1ccccc1C(=O)C(=O)c1ccccc1C(C)=O. The third-order valence-electron chi connectivity index (χ3n) is 3.31. The van der Waals surface area contributed by atoms with Crippen molar-refractivity contribution in [1.82, 2.24) is 0 Å². The third kappa shape index (κ3) is 2.91. The average molecular weight is 294 g/mol. The van der Waals surface area contributed by atoms with Crippen molar-refractivity contribution >= 4 is 23.1 Å². The van der Waals surface area contributed by atoms with Crippen LogP contribution < -0.4 is 0 Å². The molecule has 0 saturated carbocycles. The molecule has 0 radical (unpaired) electrons. The molecule has 0 unspecified atom stereocenters. The Kier molecular flexibility index (Phi) is 4.41. The Morgan fingerprint density at radius 3 is 1.09 bits per heavy atom. The molecule has 2 aromatic carbocycles. The first kappa shape index (κ1) is 15.5. The van der Waals surface area contributed by atoms with Gasteiger partial charge in [0.1, 0.15) is 0 Å². The predicted molar refractivity (Wildman–Crippen MR) is 81.6 cm³/mol. The summed E-state index contributed by atoms with van der Waals surface area (Å²) in [5.74, 6) is -2.17. The fourth-order valence-electron chi connectivity index (χ4n) is 2.22. The van der Waals surface area contributed by atoms with Crippen molar-refractivity contribution in [3.63, 3.8) is 0 Å². The highest BCUT2D eigenvalue weighted by atomic mass is 16.2. The molecule has 0 aliphatic heterocycles. The zero-order chi connectivity index (χ0) is 16.3. The highest BCUT2D eigenvalue weighted by molar-refractivity contribution is 6.51. The molecule has 0 spiro atoms. The molecule has 0 atom stereocenters. The van der Waals surface area contributed by atoms with Crippen molar-refractivity contribution in [3.8, 4) is 0 Å². The van der Waals surface area contributed by atoms with E-state index < -0.39 is 11.6 Å². The molecule has 2 aromatic rings. The van der Waals surface area contributed by atoms with E-state index in [0.29, 0.717) is 0 Å². The average Bonchev–Trinajstić information content (AvgIpc) is 2.53. The molecule has 0 heterocycles. The van der Waals surface area contributed by atoms with Crippen LogP contribution >= 0.6 is 0 Å². The van der Waals surface area contributed by atoms with E-state index in [1.165, 1.54) is 38.1 Å². The van der Waals surface area contributed by atoms with Gasteiger partial charge in [0.2, 0.25) is 11.6 Å². The Hall–Kier alpha value is -2.88. The van der Waals surface area contributed by atoms with Crippen molar-refractivity contribution in [2.24, 2.45) is 0 Å². The highest BCUT2D eigenvalue weighted by Gasteiger charge is 2.24. The van der Waals surface area contributed by atoms with Crippen molar-refractivity contribution < 1.29 is 19.2 Å². The second kappa shape index (κ2) is 6.26. The van der Waals surface area contributed by atoms with Crippen LogP contribution in [-0.4, -0.2) is 23.1 Å². The Balaban J connectivity index is 2.50. The zero-order valence-corrected chi connectivity index (χ0v) is 12.3. The molecule has 0 fully saturated rings. The van der Waals surface area contributed by atoms with Gasteiger partial charge in [-0.15, -0.1) is 0 Å². The summed E-state index contributed by atoms with van der Waals surface area (Å²) in [5.41, 5.74) is 0.499. The lowest BCUT2D eigenvalue weighted by atomic mass is 9.93. The normalized spacial score (nSPS) is 10.1. The van der Waals surface area contributed by atoms with Crippen molar-refractivity contribution in [3.05, 3.63) is 70.8 Å². The van der Waals surface area contributed by atoms with Gasteiger partial charge in [0.25, 0.3) is 0 Å². The first-order valence-corrected chi connectivity index (χ1v) is 6.72. The summed E-state index contributed by atoms with van der Waals surface area (Å²) >= 11 is 0. The molecule has 0 saturated heterocycles. The van der Waals surface area contributed by atoms with E-state index in [-0.39, 0.29) is 33.8 Å². The van der Waals surface area contributed by atoms with Gasteiger partial charge >= 0.3 is 0 Å². The smallest absolute Gasteiger partial charge is 0.234 e. The number of hydrogen-bond donors (Lipinski definition) is 0. The summed E-state index contributed by atoms with van der Waals surface area (Å²) in [7, 11) is 0. The minimum absolute atomic E-state index is 0.0540. The van der Waals surface area contributed by atoms with E-state index in [4.69, 9.17) is 0 Å². The number of hydrogen-bond acceptors (Lipinski definition) is 4. The molecule has 110 valence electrons. The van der Waals surface area contributed by atoms with Crippen LogP contribution in [0.3, 0.4) is 0 Å². The number of rotatable bonds is 5. The predicted octanol–water partition coefficient (Wildman–Crippen LogP) is 3.16. The van der Waals surface area contributed by atoms with Gasteiger partial charge in [-0.1, -0.05) is 48.5 Å². The van der Waals surface area contributed by atoms with Gasteiger partial charge in [0, 0.05) is 22.3 Å². The molecule has 0 N–H and O–H groups in total. The molecule has 0 amide bonds. The highest BCUT2D eigenvalue weighted by Crippen LogP contribution is 2.16. The van der Waals surface area contributed by atoms with Gasteiger partial charge in [-0.2, -0.15) is 0 Å². The summed E-state index contributed by atoms with van der Waals surface area (Å²) in [6.45, 7) is 2.67. The topological polar surface area (TPSA) is 68.3 Å². The maximum Gasteiger partial charge on any atom is 0.234 e. The maximum absolute atomic E-state index is 12.4. The first-order valence-electron chi connectivity index (χ1n) is 6.72. The molecular weight excluding hydrogens is 280 g/mol. The molecule has 0 aliphatic carbocycles. The Morgan fingerprint density at radius 2 is 0.818 bits per heavy atom. The van der Waals surface area contributed by atoms with E-state index in [0.717, 1.165) is 0 Å². The van der Waals surface area contributed by atoms with Crippen LogP contribution in [0.25, 0.3) is 0 Å². The van der Waals surface area contributed by atoms with Gasteiger partial charge in [0.15, 0.2) is 11.6 Å². The minimum atomic E-state index is -0.792. The van der Waals surface area contributed by atoms with E-state index >= 15 is 0 Å². The quantitative estimate of drug-likeness (QED) is 0.627. The van der Waals surface area contributed by atoms with Crippen LogP contribution in [0.2, 0.25) is 0 Å². The number of Topliss-reactive ketones (excluding diaryl/α,β-unsaturated/α-hetero) is 4. The van der Waals surface area contributed by atoms with E-state index in [1.54, 1.807) is 24.3 Å². The van der Waals surface area contributed by atoms with Crippen LogP contribution in [0.4, 0.5) is 0 Å². The number of carbonyl (C=O) groups excluding carboxylic acids is 4. The van der Waals surface area contributed by atoms with Crippen molar-refractivity contribution in [2.75, 3.05) is 0 Å². The van der Waals surface area contributed by atoms with Gasteiger partial charge in [0.05, 0.1) is 0 Å². The molecule has 0 bridgehead atoms. The standard InChI is InChI=1S/C18H14O4/c1-11(19)13-7-3-5-9-15(13)17(21)18(22)16-10-6-4-8-14(16)12(2)20/h3-10H,1-2H3. The van der Waals surface area contributed by atoms with Gasteiger partial charge < -0.3 is 0 Å². The van der Waals surface area contributed by atoms with E-state index in [2.05, 4.69) is 0 Å². The minimum Gasteiger partial charge on any atom is -0.294 e. The monoisotopic (exact) mass is 294 g/mol. The Bertz CT molecular complexity index is 720. The molecule has 0 aliphatic rings. The Labute approximate surface area is 127 Å². The lowest BCUT2D eigenvalue weighted by Gasteiger charge is -2.07. The summed E-state index contributed by atoms with van der Waals surface area (Å²) in [4.78, 5) is 48.0. The van der Waals surface area contributed by atoms with Gasteiger partial charge in [-0.05, 0) is 13.8 Å². The fraction of sp³-hybridized carbons (Fsp3) is 0.111. The Morgan fingerprint density at radius 1 is 0.545 bits per heavy atom. The van der Waals surface area contributed by atoms with Crippen LogP contribution in [0, 0.1) is 0 Å². The summed E-state index contributed by atoms with van der Waals surface area (Å²) in [6.07, 6.45) is 0. The summed E-state index contributed by atoms with van der Waals surface area (Å²) in [5, 5.41) is 0. The van der Waals surface area contributed by atoms with Crippen molar-refractivity contribution in [1.29, 1.82) is 0 Å². The first-order chi connectivity index (χ1) is 10.4. The summed E-state index contributed by atoms with van der Waals surface area (Å²) in [6, 6.07) is 12.3. The molecule has 22 heavy (non-hydrogen) atoms. The lowest BCUT2D eigenvalue weighted by molar-refractivity contribution is 0.0813. The van der Waals surface area contributed by atoms with Crippen LogP contribution in [-0.2, 0) is 0 Å². The van der Waals surface area contributed by atoms with Crippen LogP contribution in [0.1, 0.15) is 55.3 Å². The molecule has 4 nitrogen and oxygen atoms in total. The molecule has 4 heteroatoms. The van der Waals surface area contributed by atoms with Crippen molar-refractivity contribution in [2.45, 2.75) is 13.8 Å². The second-order valence-corrected chi connectivity index (χ2v) is 4.86. The third-order valence-corrected chi connectivity index (χ3v) is 3.31. The fourth-order valence-corrected chi connectivity index (χ4v) is 2.22. The van der Waals surface area contributed by atoms with Crippen LogP contribution in [0.5, 0.6) is 0 Å². The van der Waals surface area contributed by atoms with Crippen LogP contribution in [0.15, 0.2) is 48.5 Å². The molecule has 2 rings (SSSR count). The molecule has 0 aromatic heterocycles. The number of carbonyl (C=O) groups is 4. The number of ketones is 4. The van der Waals surface area contributed by atoms with Gasteiger partial charge in [-0.25, -0.2) is 0 Å². The summed E-state index contributed by atoms with van der Waals surface area (Å²) < 4.78 is 0. The van der Waals surface area contributed by atoms with Gasteiger partial charge in [-0.3, -0.25) is 19.2 Å². The number of benzene rings is 2. The zero-order valence-electron chi connectivity index (χ0n) is 12.3.